The summed E-state index contributed by atoms with van der Waals surface area (Å²) in [6, 6.07) is 10.1. The van der Waals surface area contributed by atoms with E-state index in [4.69, 9.17) is 15.2 Å². The minimum Gasteiger partial charge on any atom is -0.334 e. The van der Waals surface area contributed by atoms with Gasteiger partial charge in [-0.25, -0.2) is 0 Å². The molecule has 3 aromatic rings. The zero-order chi connectivity index (χ0) is 16.7. The molecule has 2 aromatic heterocycles. The van der Waals surface area contributed by atoms with Crippen molar-refractivity contribution in [3.8, 4) is 11.5 Å². The molecule has 4 rings (SSSR count). The fourth-order valence-corrected chi connectivity index (χ4v) is 3.43. The van der Waals surface area contributed by atoms with Gasteiger partial charge < -0.3 is 10.3 Å². The molecule has 0 unspecified atom stereocenters. The molecule has 1 aliphatic rings. The normalized spacial score (nSPS) is 16.3. The van der Waals surface area contributed by atoms with Crippen LogP contribution >= 0.6 is 12.4 Å². The standard InChI is InChI=1S/C19H22N4O.ClH/c1-12(2)16-11-14(13-7-3-4-8-15(13)21-16)17-22-18(23-24-17)19(20)9-5-6-10-19;/h3-4,7-8,11-12H,5-6,9-10,20H2,1-2H3;1H. The predicted molar refractivity (Wildman–Crippen MR) is 101 cm³/mol. The van der Waals surface area contributed by atoms with Crippen LogP contribution in [0.4, 0.5) is 0 Å². The Balaban J connectivity index is 0.00000182. The number of nitrogens with two attached hydrogens (primary N) is 1. The summed E-state index contributed by atoms with van der Waals surface area (Å²) >= 11 is 0. The molecular weight excluding hydrogens is 336 g/mol. The number of nitrogens with zero attached hydrogens (tertiary/aromatic N) is 3. The third-order valence-corrected chi connectivity index (χ3v) is 4.93. The lowest BCUT2D eigenvalue weighted by Gasteiger charge is -2.17. The second-order valence-electron chi connectivity index (χ2n) is 7.05. The van der Waals surface area contributed by atoms with Crippen molar-refractivity contribution in [2.45, 2.75) is 51.0 Å². The lowest BCUT2D eigenvalue weighted by atomic mass is 9.98. The number of para-hydroxylation sites is 1. The number of halogens is 1. The van der Waals surface area contributed by atoms with Crippen molar-refractivity contribution in [3.63, 3.8) is 0 Å². The molecule has 0 aliphatic heterocycles. The Kier molecular flexibility index (Phi) is 4.80. The molecule has 25 heavy (non-hydrogen) atoms. The zero-order valence-electron chi connectivity index (χ0n) is 14.5. The quantitative estimate of drug-likeness (QED) is 0.742. The maximum Gasteiger partial charge on any atom is 0.258 e. The SMILES string of the molecule is CC(C)c1cc(-c2nc(C3(N)CCCC3)no2)c2ccccc2n1.Cl. The molecule has 1 aliphatic carbocycles. The lowest BCUT2D eigenvalue weighted by molar-refractivity contribution is 0.373. The van der Waals surface area contributed by atoms with Crippen molar-refractivity contribution in [2.24, 2.45) is 5.73 Å². The molecule has 0 amide bonds. The van der Waals surface area contributed by atoms with E-state index < -0.39 is 5.54 Å². The molecule has 0 saturated heterocycles. The average Bonchev–Trinajstić information content (AvgIpc) is 3.24. The maximum absolute atomic E-state index is 6.47. The summed E-state index contributed by atoms with van der Waals surface area (Å²) < 4.78 is 5.60. The number of pyridine rings is 1. The third kappa shape index (κ3) is 3.14. The van der Waals surface area contributed by atoms with E-state index in [2.05, 4.69) is 30.1 Å². The minimum atomic E-state index is -0.439. The molecule has 5 nitrogen and oxygen atoms in total. The number of aromatic nitrogens is 3. The summed E-state index contributed by atoms with van der Waals surface area (Å²) in [5.74, 6) is 1.48. The Labute approximate surface area is 153 Å². The van der Waals surface area contributed by atoms with Gasteiger partial charge in [0.15, 0.2) is 5.82 Å². The van der Waals surface area contributed by atoms with Gasteiger partial charge in [0, 0.05) is 11.1 Å². The molecule has 6 heteroatoms. The molecule has 0 atom stereocenters. The van der Waals surface area contributed by atoms with Gasteiger partial charge in [-0.1, -0.05) is 50.0 Å². The van der Waals surface area contributed by atoms with Gasteiger partial charge in [0.1, 0.15) is 0 Å². The smallest absolute Gasteiger partial charge is 0.258 e. The minimum absolute atomic E-state index is 0. The fraction of sp³-hybridized carbons (Fsp3) is 0.421. The van der Waals surface area contributed by atoms with E-state index in [0.717, 1.165) is 47.8 Å². The number of rotatable bonds is 3. The van der Waals surface area contributed by atoms with E-state index in [-0.39, 0.29) is 12.4 Å². The van der Waals surface area contributed by atoms with Crippen LogP contribution in [-0.2, 0) is 5.54 Å². The van der Waals surface area contributed by atoms with Crippen molar-refractivity contribution in [3.05, 3.63) is 41.9 Å². The van der Waals surface area contributed by atoms with E-state index in [0.29, 0.717) is 17.6 Å². The fourth-order valence-electron chi connectivity index (χ4n) is 3.43. The molecular formula is C19H23ClN4O. The second-order valence-corrected chi connectivity index (χ2v) is 7.05. The first kappa shape index (κ1) is 17.8. The van der Waals surface area contributed by atoms with Crippen LogP contribution in [0, 0.1) is 0 Å². The summed E-state index contributed by atoms with van der Waals surface area (Å²) in [5, 5.41) is 5.22. The maximum atomic E-state index is 6.47. The highest BCUT2D eigenvalue weighted by Gasteiger charge is 2.36. The van der Waals surface area contributed by atoms with Crippen molar-refractivity contribution < 1.29 is 4.52 Å². The van der Waals surface area contributed by atoms with Crippen LogP contribution in [0.15, 0.2) is 34.9 Å². The lowest BCUT2D eigenvalue weighted by Crippen LogP contribution is -2.34. The van der Waals surface area contributed by atoms with E-state index in [1.165, 1.54) is 0 Å². The Bertz CT molecular complexity index is 884. The Morgan fingerprint density at radius 1 is 1.12 bits per heavy atom. The first-order chi connectivity index (χ1) is 11.6. The van der Waals surface area contributed by atoms with Crippen LogP contribution in [0.2, 0.25) is 0 Å². The van der Waals surface area contributed by atoms with Crippen LogP contribution < -0.4 is 5.73 Å². The predicted octanol–water partition coefficient (Wildman–Crippen LogP) is 4.56. The van der Waals surface area contributed by atoms with Gasteiger partial charge in [-0.3, -0.25) is 4.98 Å². The van der Waals surface area contributed by atoms with Crippen molar-refractivity contribution in [2.75, 3.05) is 0 Å². The number of hydrogen-bond donors (Lipinski definition) is 1. The van der Waals surface area contributed by atoms with Crippen molar-refractivity contribution in [1.82, 2.24) is 15.1 Å². The van der Waals surface area contributed by atoms with Crippen LogP contribution in [0.1, 0.15) is 57.0 Å². The van der Waals surface area contributed by atoms with E-state index in [1.54, 1.807) is 0 Å². The number of hydrogen-bond acceptors (Lipinski definition) is 5. The number of fused-ring (bicyclic) bond motifs is 1. The largest absolute Gasteiger partial charge is 0.334 e. The summed E-state index contributed by atoms with van der Waals surface area (Å²) in [4.78, 5) is 9.40. The van der Waals surface area contributed by atoms with Crippen LogP contribution in [0.3, 0.4) is 0 Å². The molecule has 2 heterocycles. The Morgan fingerprint density at radius 2 is 1.84 bits per heavy atom. The molecule has 132 valence electrons. The Hall–Kier alpha value is -1.98. The van der Waals surface area contributed by atoms with Gasteiger partial charge in [-0.05, 0) is 30.9 Å². The third-order valence-electron chi connectivity index (χ3n) is 4.93. The number of benzene rings is 1. The summed E-state index contributed by atoms with van der Waals surface area (Å²) in [6.45, 7) is 4.26. The van der Waals surface area contributed by atoms with Gasteiger partial charge in [0.2, 0.25) is 0 Å². The summed E-state index contributed by atoms with van der Waals surface area (Å²) in [5.41, 5.74) is 8.93. The van der Waals surface area contributed by atoms with Gasteiger partial charge in [-0.15, -0.1) is 12.4 Å². The second kappa shape index (κ2) is 6.73. The van der Waals surface area contributed by atoms with E-state index >= 15 is 0 Å². The van der Waals surface area contributed by atoms with Gasteiger partial charge in [-0.2, -0.15) is 4.98 Å². The first-order valence-electron chi connectivity index (χ1n) is 8.60. The molecule has 0 radical (unpaired) electrons. The molecule has 0 bridgehead atoms. The van der Waals surface area contributed by atoms with E-state index in [1.807, 2.05) is 24.3 Å². The summed E-state index contributed by atoms with van der Waals surface area (Å²) in [7, 11) is 0. The van der Waals surface area contributed by atoms with Gasteiger partial charge in [0.05, 0.1) is 16.6 Å². The Morgan fingerprint density at radius 3 is 2.56 bits per heavy atom. The molecule has 0 spiro atoms. The molecule has 1 fully saturated rings. The van der Waals surface area contributed by atoms with Crippen LogP contribution in [0.5, 0.6) is 0 Å². The highest BCUT2D eigenvalue weighted by molar-refractivity contribution is 5.92. The van der Waals surface area contributed by atoms with Crippen molar-refractivity contribution in [1.29, 1.82) is 0 Å². The van der Waals surface area contributed by atoms with Crippen LogP contribution in [0.25, 0.3) is 22.4 Å². The molecule has 1 aromatic carbocycles. The average molecular weight is 359 g/mol. The van der Waals surface area contributed by atoms with Crippen molar-refractivity contribution >= 4 is 23.3 Å². The summed E-state index contributed by atoms with van der Waals surface area (Å²) in [6.07, 6.45) is 4.08. The van der Waals surface area contributed by atoms with E-state index in [9.17, 15) is 0 Å². The zero-order valence-corrected chi connectivity index (χ0v) is 15.3. The topological polar surface area (TPSA) is 77.8 Å². The van der Waals surface area contributed by atoms with Gasteiger partial charge >= 0.3 is 0 Å². The highest BCUT2D eigenvalue weighted by Crippen LogP contribution is 2.36. The van der Waals surface area contributed by atoms with Gasteiger partial charge in [0.25, 0.3) is 5.89 Å². The van der Waals surface area contributed by atoms with Crippen LogP contribution in [-0.4, -0.2) is 15.1 Å². The monoisotopic (exact) mass is 358 g/mol. The highest BCUT2D eigenvalue weighted by atomic mass is 35.5. The molecule has 2 N–H and O–H groups in total. The molecule has 1 saturated carbocycles. The first-order valence-corrected chi connectivity index (χ1v) is 8.60.